The van der Waals surface area contributed by atoms with Gasteiger partial charge in [-0.15, -0.1) is 0 Å². The maximum Gasteiger partial charge on any atom is 0.161 e. The molecule has 0 bridgehead atoms. The van der Waals surface area contributed by atoms with Gasteiger partial charge in [0.2, 0.25) is 0 Å². The molecular formula is C16H26N2O2. The lowest BCUT2D eigenvalue weighted by atomic mass is 10.1. The van der Waals surface area contributed by atoms with Crippen LogP contribution in [0.3, 0.4) is 0 Å². The van der Waals surface area contributed by atoms with E-state index in [-0.39, 0.29) is 0 Å². The Kier molecular flexibility index (Phi) is 5.26. The molecule has 1 aromatic carbocycles. The molecule has 0 saturated heterocycles. The maximum absolute atomic E-state index is 5.77. The predicted molar refractivity (Wildman–Crippen MR) is 81.6 cm³/mol. The third kappa shape index (κ3) is 3.64. The van der Waals surface area contributed by atoms with Crippen LogP contribution < -0.4 is 14.8 Å². The molecule has 0 saturated carbocycles. The van der Waals surface area contributed by atoms with E-state index in [4.69, 9.17) is 9.47 Å². The van der Waals surface area contributed by atoms with Gasteiger partial charge in [0.15, 0.2) is 11.5 Å². The third-order valence-electron chi connectivity index (χ3n) is 3.87. The second-order valence-electron chi connectivity index (χ2n) is 5.63. The Labute approximate surface area is 122 Å². The molecule has 0 aliphatic carbocycles. The summed E-state index contributed by atoms with van der Waals surface area (Å²) in [4.78, 5) is 2.34. The molecule has 1 aliphatic heterocycles. The summed E-state index contributed by atoms with van der Waals surface area (Å²) in [6.07, 6.45) is 0.940. The van der Waals surface area contributed by atoms with E-state index >= 15 is 0 Å². The summed E-state index contributed by atoms with van der Waals surface area (Å²) >= 11 is 0. The van der Waals surface area contributed by atoms with Crippen molar-refractivity contribution in [3.05, 3.63) is 23.8 Å². The van der Waals surface area contributed by atoms with Crippen LogP contribution in [-0.4, -0.2) is 44.8 Å². The number of likely N-dealkylation sites (N-methyl/N-ethyl adjacent to an activating group) is 2. The van der Waals surface area contributed by atoms with Gasteiger partial charge in [0.25, 0.3) is 0 Å². The van der Waals surface area contributed by atoms with Crippen LogP contribution in [0.1, 0.15) is 31.9 Å². The Hall–Kier alpha value is -1.26. The summed E-state index contributed by atoms with van der Waals surface area (Å²) in [6.45, 7) is 6.85. The number of rotatable bonds is 5. The normalized spacial score (nSPS) is 16.3. The molecule has 0 radical (unpaired) electrons. The minimum absolute atomic E-state index is 0.291. The number of benzene rings is 1. The lowest BCUT2D eigenvalue weighted by Gasteiger charge is -2.27. The predicted octanol–water partition coefficient (Wildman–Crippen LogP) is 2.45. The van der Waals surface area contributed by atoms with Crippen molar-refractivity contribution in [3.8, 4) is 11.5 Å². The molecule has 0 fully saturated rings. The van der Waals surface area contributed by atoms with E-state index in [9.17, 15) is 0 Å². The Morgan fingerprint density at radius 2 is 1.90 bits per heavy atom. The van der Waals surface area contributed by atoms with Gasteiger partial charge in [-0.2, -0.15) is 0 Å². The molecule has 1 aliphatic rings. The van der Waals surface area contributed by atoms with Crippen LogP contribution in [0.15, 0.2) is 18.2 Å². The van der Waals surface area contributed by atoms with Crippen LogP contribution in [0.4, 0.5) is 0 Å². The van der Waals surface area contributed by atoms with Crippen LogP contribution in [0.25, 0.3) is 0 Å². The summed E-state index contributed by atoms with van der Waals surface area (Å²) in [5.41, 5.74) is 1.24. The number of ether oxygens (including phenoxy) is 2. The third-order valence-corrected chi connectivity index (χ3v) is 3.87. The van der Waals surface area contributed by atoms with Crippen molar-refractivity contribution >= 4 is 0 Å². The van der Waals surface area contributed by atoms with E-state index in [0.29, 0.717) is 12.1 Å². The Balaban J connectivity index is 2.15. The molecule has 4 nitrogen and oxygen atoms in total. The van der Waals surface area contributed by atoms with Crippen LogP contribution >= 0.6 is 0 Å². The molecule has 0 spiro atoms. The molecule has 1 atom stereocenters. The minimum atomic E-state index is 0.291. The van der Waals surface area contributed by atoms with Gasteiger partial charge in [-0.25, -0.2) is 0 Å². The Morgan fingerprint density at radius 1 is 1.20 bits per heavy atom. The standard InChI is InChI=1S/C16H26N2O2/c1-12(2)18(4)11-14(17-3)13-6-7-15-16(10-13)20-9-5-8-19-15/h6-7,10,12,14,17H,5,8-9,11H2,1-4H3. The van der Waals surface area contributed by atoms with E-state index < -0.39 is 0 Å². The fourth-order valence-corrected chi connectivity index (χ4v) is 2.26. The monoisotopic (exact) mass is 278 g/mol. The number of fused-ring (bicyclic) bond motifs is 1. The zero-order valence-electron chi connectivity index (χ0n) is 13.0. The summed E-state index contributed by atoms with van der Waals surface area (Å²) in [5, 5.41) is 3.39. The average molecular weight is 278 g/mol. The number of nitrogens with zero attached hydrogens (tertiary/aromatic N) is 1. The number of hydrogen-bond donors (Lipinski definition) is 1. The summed E-state index contributed by atoms with van der Waals surface area (Å²) in [7, 11) is 4.15. The molecule has 112 valence electrons. The van der Waals surface area contributed by atoms with Crippen molar-refractivity contribution in [2.24, 2.45) is 0 Å². The summed E-state index contributed by atoms with van der Waals surface area (Å²) < 4.78 is 11.5. The highest BCUT2D eigenvalue weighted by atomic mass is 16.5. The first-order chi connectivity index (χ1) is 9.61. The van der Waals surface area contributed by atoms with Crippen molar-refractivity contribution in [3.63, 3.8) is 0 Å². The van der Waals surface area contributed by atoms with Gasteiger partial charge in [-0.3, -0.25) is 0 Å². The zero-order chi connectivity index (χ0) is 14.5. The largest absolute Gasteiger partial charge is 0.490 e. The lowest BCUT2D eigenvalue weighted by molar-refractivity contribution is 0.246. The fourth-order valence-electron chi connectivity index (χ4n) is 2.26. The van der Waals surface area contributed by atoms with Gasteiger partial charge in [0.1, 0.15) is 0 Å². The van der Waals surface area contributed by atoms with Gasteiger partial charge in [0.05, 0.1) is 13.2 Å². The molecule has 0 aromatic heterocycles. The molecule has 1 aromatic rings. The van der Waals surface area contributed by atoms with Gasteiger partial charge in [-0.1, -0.05) is 6.07 Å². The Bertz CT molecular complexity index is 434. The van der Waals surface area contributed by atoms with E-state index in [0.717, 1.165) is 37.7 Å². The quantitative estimate of drug-likeness (QED) is 0.897. The molecule has 1 heterocycles. The first kappa shape index (κ1) is 15.1. The highest BCUT2D eigenvalue weighted by molar-refractivity contribution is 5.44. The zero-order valence-corrected chi connectivity index (χ0v) is 13.0. The van der Waals surface area contributed by atoms with Gasteiger partial charge in [-0.05, 0) is 45.6 Å². The molecule has 2 rings (SSSR count). The fraction of sp³-hybridized carbons (Fsp3) is 0.625. The van der Waals surface area contributed by atoms with Crippen LogP contribution in [0.2, 0.25) is 0 Å². The van der Waals surface area contributed by atoms with Crippen molar-refractivity contribution in [1.82, 2.24) is 10.2 Å². The maximum atomic E-state index is 5.77. The van der Waals surface area contributed by atoms with Crippen LogP contribution in [0.5, 0.6) is 11.5 Å². The smallest absolute Gasteiger partial charge is 0.161 e. The number of nitrogens with one attached hydrogen (secondary N) is 1. The van der Waals surface area contributed by atoms with E-state index in [2.05, 4.69) is 43.2 Å². The van der Waals surface area contributed by atoms with Crippen LogP contribution in [0, 0.1) is 0 Å². The molecular weight excluding hydrogens is 252 g/mol. The van der Waals surface area contributed by atoms with Crippen molar-refractivity contribution in [2.45, 2.75) is 32.4 Å². The molecule has 20 heavy (non-hydrogen) atoms. The SMILES string of the molecule is CNC(CN(C)C(C)C)c1ccc2c(c1)OCCCO2. The second-order valence-corrected chi connectivity index (χ2v) is 5.63. The minimum Gasteiger partial charge on any atom is -0.490 e. The first-order valence-electron chi connectivity index (χ1n) is 7.39. The van der Waals surface area contributed by atoms with E-state index in [1.54, 1.807) is 0 Å². The average Bonchev–Trinajstić information content (AvgIpc) is 2.68. The molecule has 0 amide bonds. The summed E-state index contributed by atoms with van der Waals surface area (Å²) in [5.74, 6) is 1.73. The van der Waals surface area contributed by atoms with Crippen LogP contribution in [-0.2, 0) is 0 Å². The molecule has 1 unspecified atom stereocenters. The Morgan fingerprint density at radius 3 is 2.55 bits per heavy atom. The van der Waals surface area contributed by atoms with Crippen molar-refractivity contribution in [2.75, 3.05) is 33.9 Å². The van der Waals surface area contributed by atoms with Crippen molar-refractivity contribution in [1.29, 1.82) is 0 Å². The first-order valence-corrected chi connectivity index (χ1v) is 7.39. The van der Waals surface area contributed by atoms with Gasteiger partial charge < -0.3 is 19.7 Å². The molecule has 4 heteroatoms. The highest BCUT2D eigenvalue weighted by Gasteiger charge is 2.17. The van der Waals surface area contributed by atoms with E-state index in [1.807, 2.05) is 13.1 Å². The van der Waals surface area contributed by atoms with Crippen molar-refractivity contribution < 1.29 is 9.47 Å². The lowest BCUT2D eigenvalue weighted by Crippen LogP contribution is -2.35. The topological polar surface area (TPSA) is 33.7 Å². The van der Waals surface area contributed by atoms with Gasteiger partial charge >= 0.3 is 0 Å². The molecule has 1 N–H and O–H groups in total. The van der Waals surface area contributed by atoms with E-state index in [1.165, 1.54) is 5.56 Å². The summed E-state index contributed by atoms with van der Waals surface area (Å²) in [6, 6.07) is 7.08. The van der Waals surface area contributed by atoms with Gasteiger partial charge in [0, 0.05) is 25.0 Å². The second kappa shape index (κ2) is 6.95. The number of hydrogen-bond acceptors (Lipinski definition) is 4. The highest BCUT2D eigenvalue weighted by Crippen LogP contribution is 2.32.